The molecule has 18 heavy (non-hydrogen) atoms. The molecule has 0 aromatic carbocycles. The Bertz CT molecular complexity index is 425. The van der Waals surface area contributed by atoms with E-state index in [4.69, 9.17) is 0 Å². The number of pyridine rings is 1. The molecule has 2 rings (SSSR count). The molecule has 2 N–H and O–H groups in total. The van der Waals surface area contributed by atoms with Crippen LogP contribution in [0.15, 0.2) is 18.2 Å². The molecular weight excluding hydrogens is 235 g/mol. The highest BCUT2D eigenvalue weighted by Crippen LogP contribution is 2.23. The van der Waals surface area contributed by atoms with Crippen LogP contribution in [-0.4, -0.2) is 28.6 Å². The average molecular weight is 252 g/mol. The summed E-state index contributed by atoms with van der Waals surface area (Å²) in [5.41, 5.74) is 0.0697. The Labute approximate surface area is 105 Å². The summed E-state index contributed by atoms with van der Waals surface area (Å²) in [4.78, 5) is 15.2. The number of hydrogen-bond acceptors (Lipinski definition) is 3. The van der Waals surface area contributed by atoms with Crippen molar-refractivity contribution in [2.45, 2.75) is 31.8 Å². The standard InChI is InChI=1S/C13H17FN2O2/c14-12-7-3-5-10(16-12)13(18)15-8-9-4-1-2-6-11(9)17/h3,5,7,9,11,17H,1-2,4,6,8H2,(H,15,18). The quantitative estimate of drug-likeness (QED) is 0.801. The van der Waals surface area contributed by atoms with Crippen LogP contribution in [-0.2, 0) is 0 Å². The first kappa shape index (κ1) is 13.0. The van der Waals surface area contributed by atoms with Crippen LogP contribution in [0.2, 0.25) is 0 Å². The van der Waals surface area contributed by atoms with Crippen molar-refractivity contribution < 1.29 is 14.3 Å². The number of rotatable bonds is 3. The molecule has 1 amide bonds. The molecule has 1 heterocycles. The van der Waals surface area contributed by atoms with Crippen molar-refractivity contribution in [2.75, 3.05) is 6.54 Å². The molecule has 98 valence electrons. The minimum absolute atomic E-state index is 0.0697. The van der Waals surface area contributed by atoms with Crippen LogP contribution >= 0.6 is 0 Å². The predicted octanol–water partition coefficient (Wildman–Crippen LogP) is 1.50. The van der Waals surface area contributed by atoms with Crippen molar-refractivity contribution in [1.29, 1.82) is 0 Å². The number of halogens is 1. The van der Waals surface area contributed by atoms with Crippen LogP contribution in [0.4, 0.5) is 4.39 Å². The van der Waals surface area contributed by atoms with E-state index < -0.39 is 11.9 Å². The number of amides is 1. The highest BCUT2D eigenvalue weighted by Gasteiger charge is 2.23. The number of aliphatic hydroxyl groups excluding tert-OH is 1. The van der Waals surface area contributed by atoms with Gasteiger partial charge in [-0.2, -0.15) is 4.39 Å². The molecule has 0 aliphatic heterocycles. The van der Waals surface area contributed by atoms with Crippen LogP contribution in [0.25, 0.3) is 0 Å². The SMILES string of the molecule is O=C(NCC1CCCCC1O)c1cccc(F)n1. The Morgan fingerprint density at radius 3 is 2.94 bits per heavy atom. The van der Waals surface area contributed by atoms with E-state index in [0.717, 1.165) is 25.7 Å². The maximum atomic E-state index is 12.9. The van der Waals surface area contributed by atoms with Gasteiger partial charge < -0.3 is 10.4 Å². The first-order valence-corrected chi connectivity index (χ1v) is 6.25. The second-order valence-electron chi connectivity index (χ2n) is 4.67. The van der Waals surface area contributed by atoms with Crippen molar-refractivity contribution >= 4 is 5.91 Å². The summed E-state index contributed by atoms with van der Waals surface area (Å²) >= 11 is 0. The van der Waals surface area contributed by atoms with Crippen LogP contribution in [0, 0.1) is 11.9 Å². The highest BCUT2D eigenvalue weighted by atomic mass is 19.1. The lowest BCUT2D eigenvalue weighted by molar-refractivity contribution is 0.0661. The molecule has 4 nitrogen and oxygen atoms in total. The van der Waals surface area contributed by atoms with Crippen LogP contribution < -0.4 is 5.32 Å². The Kier molecular flexibility index (Phi) is 4.25. The molecule has 2 unspecified atom stereocenters. The number of nitrogens with one attached hydrogen (secondary N) is 1. The molecule has 1 aliphatic carbocycles. The van der Waals surface area contributed by atoms with E-state index in [1.54, 1.807) is 0 Å². The molecule has 1 fully saturated rings. The predicted molar refractivity (Wildman–Crippen MR) is 64.5 cm³/mol. The zero-order chi connectivity index (χ0) is 13.0. The molecule has 1 aromatic heterocycles. The lowest BCUT2D eigenvalue weighted by atomic mass is 9.86. The van der Waals surface area contributed by atoms with Gasteiger partial charge in [-0.1, -0.05) is 18.9 Å². The second-order valence-corrected chi connectivity index (χ2v) is 4.67. The summed E-state index contributed by atoms with van der Waals surface area (Å²) in [6, 6.07) is 4.12. The summed E-state index contributed by atoms with van der Waals surface area (Å²) in [5, 5.41) is 12.5. The number of carbonyl (C=O) groups excluding carboxylic acids is 1. The van der Waals surface area contributed by atoms with Gasteiger partial charge in [-0.3, -0.25) is 4.79 Å². The zero-order valence-electron chi connectivity index (χ0n) is 10.1. The molecule has 2 atom stereocenters. The largest absolute Gasteiger partial charge is 0.393 e. The number of nitrogens with zero attached hydrogens (tertiary/aromatic N) is 1. The van der Waals surface area contributed by atoms with Gasteiger partial charge in [0.05, 0.1) is 6.10 Å². The third kappa shape index (κ3) is 3.26. The Balaban J connectivity index is 1.88. The van der Waals surface area contributed by atoms with Gasteiger partial charge in [0.2, 0.25) is 5.95 Å². The molecular formula is C13H17FN2O2. The van der Waals surface area contributed by atoms with Gasteiger partial charge in [-0.05, 0) is 25.0 Å². The molecule has 5 heteroatoms. The van der Waals surface area contributed by atoms with Gasteiger partial charge in [0.15, 0.2) is 0 Å². The summed E-state index contributed by atoms with van der Waals surface area (Å²) in [6.45, 7) is 0.415. The minimum Gasteiger partial charge on any atom is -0.393 e. The number of carbonyl (C=O) groups is 1. The molecule has 0 spiro atoms. The summed E-state index contributed by atoms with van der Waals surface area (Å²) in [7, 11) is 0. The summed E-state index contributed by atoms with van der Waals surface area (Å²) in [5.74, 6) is -0.969. The summed E-state index contributed by atoms with van der Waals surface area (Å²) < 4.78 is 12.9. The van der Waals surface area contributed by atoms with Crippen molar-refractivity contribution in [3.05, 3.63) is 29.8 Å². The van der Waals surface area contributed by atoms with E-state index in [0.29, 0.717) is 6.54 Å². The minimum atomic E-state index is -0.666. The Hall–Kier alpha value is -1.49. The van der Waals surface area contributed by atoms with Crippen molar-refractivity contribution in [1.82, 2.24) is 10.3 Å². The first-order chi connectivity index (χ1) is 8.66. The second kappa shape index (κ2) is 5.91. The third-order valence-electron chi connectivity index (χ3n) is 3.34. The monoisotopic (exact) mass is 252 g/mol. The van der Waals surface area contributed by atoms with E-state index >= 15 is 0 Å². The normalized spacial score (nSPS) is 23.7. The molecule has 0 saturated heterocycles. The molecule has 1 saturated carbocycles. The number of aromatic nitrogens is 1. The van der Waals surface area contributed by atoms with Gasteiger partial charge in [0.25, 0.3) is 5.91 Å². The fraction of sp³-hybridized carbons (Fsp3) is 0.538. The topological polar surface area (TPSA) is 62.2 Å². The number of hydrogen-bond donors (Lipinski definition) is 2. The van der Waals surface area contributed by atoms with Crippen LogP contribution in [0.1, 0.15) is 36.2 Å². The van der Waals surface area contributed by atoms with Crippen molar-refractivity contribution in [3.8, 4) is 0 Å². The van der Waals surface area contributed by atoms with Crippen molar-refractivity contribution in [2.24, 2.45) is 5.92 Å². The Morgan fingerprint density at radius 1 is 1.44 bits per heavy atom. The summed E-state index contributed by atoms with van der Waals surface area (Å²) in [6.07, 6.45) is 3.48. The lowest BCUT2D eigenvalue weighted by Crippen LogP contribution is -2.37. The van der Waals surface area contributed by atoms with Gasteiger partial charge in [0, 0.05) is 12.5 Å². The van der Waals surface area contributed by atoms with E-state index in [9.17, 15) is 14.3 Å². The number of aliphatic hydroxyl groups is 1. The Morgan fingerprint density at radius 2 is 2.22 bits per heavy atom. The fourth-order valence-corrected chi connectivity index (χ4v) is 2.28. The maximum Gasteiger partial charge on any atom is 0.270 e. The van der Waals surface area contributed by atoms with E-state index in [-0.39, 0.29) is 17.7 Å². The third-order valence-corrected chi connectivity index (χ3v) is 3.34. The van der Waals surface area contributed by atoms with Crippen molar-refractivity contribution in [3.63, 3.8) is 0 Å². The molecule has 1 aliphatic rings. The van der Waals surface area contributed by atoms with E-state index in [1.165, 1.54) is 18.2 Å². The first-order valence-electron chi connectivity index (χ1n) is 6.25. The molecule has 0 bridgehead atoms. The maximum absolute atomic E-state index is 12.9. The van der Waals surface area contributed by atoms with Gasteiger partial charge in [-0.25, -0.2) is 4.98 Å². The van der Waals surface area contributed by atoms with Gasteiger partial charge in [-0.15, -0.1) is 0 Å². The smallest absolute Gasteiger partial charge is 0.270 e. The van der Waals surface area contributed by atoms with Crippen LogP contribution in [0.3, 0.4) is 0 Å². The molecule has 1 aromatic rings. The highest BCUT2D eigenvalue weighted by molar-refractivity contribution is 5.92. The fourth-order valence-electron chi connectivity index (χ4n) is 2.28. The van der Waals surface area contributed by atoms with Gasteiger partial charge >= 0.3 is 0 Å². The van der Waals surface area contributed by atoms with Gasteiger partial charge in [0.1, 0.15) is 5.69 Å². The average Bonchev–Trinajstić information content (AvgIpc) is 2.37. The molecule has 0 radical (unpaired) electrons. The van der Waals surface area contributed by atoms with Crippen LogP contribution in [0.5, 0.6) is 0 Å². The van der Waals surface area contributed by atoms with E-state index in [1.807, 2.05) is 0 Å². The lowest BCUT2D eigenvalue weighted by Gasteiger charge is -2.27. The zero-order valence-corrected chi connectivity index (χ0v) is 10.1. The van der Waals surface area contributed by atoms with E-state index in [2.05, 4.69) is 10.3 Å².